The van der Waals surface area contributed by atoms with Crippen LogP contribution in [0.15, 0.2) is 28.9 Å². The number of aliphatic imine (C=N–C) groups is 1. The standard InChI is InChI=1S/C16H27N/c1-4-6-9-15(5-2)11-12-16-10-7-8-14(3)17-13-16/h7-8,13,15H,4-6,9-12H2,1-3H3. The van der Waals surface area contributed by atoms with Crippen LogP contribution in [0.5, 0.6) is 0 Å². The van der Waals surface area contributed by atoms with Crippen molar-refractivity contribution in [3.05, 3.63) is 23.9 Å². The van der Waals surface area contributed by atoms with E-state index < -0.39 is 0 Å². The summed E-state index contributed by atoms with van der Waals surface area (Å²) in [6.45, 7) is 6.67. The lowest BCUT2D eigenvalue weighted by atomic mass is 9.92. The number of rotatable bonds is 7. The van der Waals surface area contributed by atoms with Gasteiger partial charge in [-0.1, -0.05) is 45.6 Å². The molecule has 0 saturated heterocycles. The second-order valence-corrected chi connectivity index (χ2v) is 5.12. The fraction of sp³-hybridized carbons (Fsp3) is 0.688. The molecule has 0 fully saturated rings. The number of hydrogen-bond acceptors (Lipinski definition) is 1. The first kappa shape index (κ1) is 14.2. The van der Waals surface area contributed by atoms with Crippen LogP contribution >= 0.6 is 0 Å². The summed E-state index contributed by atoms with van der Waals surface area (Å²) < 4.78 is 0. The maximum atomic E-state index is 4.44. The van der Waals surface area contributed by atoms with Crippen molar-refractivity contribution < 1.29 is 0 Å². The van der Waals surface area contributed by atoms with Gasteiger partial charge in [-0.05, 0) is 43.8 Å². The van der Waals surface area contributed by atoms with E-state index in [2.05, 4.69) is 44.1 Å². The van der Waals surface area contributed by atoms with Gasteiger partial charge in [-0.25, -0.2) is 0 Å². The largest absolute Gasteiger partial charge is 0.262 e. The van der Waals surface area contributed by atoms with Crippen molar-refractivity contribution in [3.63, 3.8) is 0 Å². The van der Waals surface area contributed by atoms with Gasteiger partial charge < -0.3 is 0 Å². The summed E-state index contributed by atoms with van der Waals surface area (Å²) >= 11 is 0. The molecule has 1 unspecified atom stereocenters. The molecule has 17 heavy (non-hydrogen) atoms. The first-order valence-electron chi connectivity index (χ1n) is 7.15. The van der Waals surface area contributed by atoms with Crippen molar-refractivity contribution in [2.45, 2.75) is 65.7 Å². The fourth-order valence-electron chi connectivity index (χ4n) is 2.27. The van der Waals surface area contributed by atoms with Gasteiger partial charge in [0.15, 0.2) is 0 Å². The molecule has 0 aromatic carbocycles. The molecule has 96 valence electrons. The highest BCUT2D eigenvalue weighted by Gasteiger charge is 2.07. The molecule has 1 heterocycles. The predicted molar refractivity (Wildman–Crippen MR) is 77.5 cm³/mol. The first-order valence-corrected chi connectivity index (χ1v) is 7.15. The van der Waals surface area contributed by atoms with Crippen LogP contribution in [0.1, 0.15) is 65.7 Å². The maximum absolute atomic E-state index is 4.44. The Morgan fingerprint density at radius 3 is 2.82 bits per heavy atom. The van der Waals surface area contributed by atoms with E-state index in [0.29, 0.717) is 0 Å². The van der Waals surface area contributed by atoms with E-state index in [0.717, 1.165) is 18.1 Å². The SMILES string of the molecule is CCCCC(CC)CCC1=CN=C(C)C=CC1. The highest BCUT2D eigenvalue weighted by Crippen LogP contribution is 2.23. The molecule has 1 heteroatoms. The van der Waals surface area contributed by atoms with Crippen molar-refractivity contribution in [1.29, 1.82) is 0 Å². The Labute approximate surface area is 107 Å². The summed E-state index contributed by atoms with van der Waals surface area (Å²) in [6, 6.07) is 0. The van der Waals surface area contributed by atoms with Crippen LogP contribution in [0.4, 0.5) is 0 Å². The molecule has 0 saturated carbocycles. The van der Waals surface area contributed by atoms with Crippen LogP contribution in [0, 0.1) is 5.92 Å². The summed E-state index contributed by atoms with van der Waals surface area (Å²) in [6.07, 6.45) is 15.5. The van der Waals surface area contributed by atoms with Gasteiger partial charge >= 0.3 is 0 Å². The molecular formula is C16H27N. The number of allylic oxidation sites excluding steroid dienone is 3. The quantitative estimate of drug-likeness (QED) is 0.566. The highest BCUT2D eigenvalue weighted by atomic mass is 14.7. The minimum absolute atomic E-state index is 0.910. The lowest BCUT2D eigenvalue weighted by molar-refractivity contribution is 0.420. The van der Waals surface area contributed by atoms with Crippen molar-refractivity contribution in [1.82, 2.24) is 0 Å². The monoisotopic (exact) mass is 233 g/mol. The van der Waals surface area contributed by atoms with Gasteiger partial charge in [-0.3, -0.25) is 4.99 Å². The Morgan fingerprint density at radius 2 is 2.12 bits per heavy atom. The molecule has 0 aromatic rings. The van der Waals surface area contributed by atoms with Crippen molar-refractivity contribution in [3.8, 4) is 0 Å². The number of nitrogens with zero attached hydrogens (tertiary/aromatic N) is 1. The Morgan fingerprint density at radius 1 is 1.29 bits per heavy atom. The van der Waals surface area contributed by atoms with Gasteiger partial charge in [-0.2, -0.15) is 0 Å². The molecule has 1 atom stereocenters. The van der Waals surface area contributed by atoms with Gasteiger partial charge in [0.1, 0.15) is 0 Å². The van der Waals surface area contributed by atoms with Gasteiger partial charge in [0.05, 0.1) is 0 Å². The van der Waals surface area contributed by atoms with E-state index in [1.807, 2.05) is 0 Å². The minimum atomic E-state index is 0.910. The van der Waals surface area contributed by atoms with Crippen LogP contribution in [0.25, 0.3) is 0 Å². The van der Waals surface area contributed by atoms with Crippen LogP contribution in [-0.2, 0) is 0 Å². The van der Waals surface area contributed by atoms with Crippen LogP contribution < -0.4 is 0 Å². The molecule has 1 nitrogen and oxygen atoms in total. The van der Waals surface area contributed by atoms with Gasteiger partial charge in [0, 0.05) is 11.9 Å². The topological polar surface area (TPSA) is 12.4 Å². The number of unbranched alkanes of at least 4 members (excludes halogenated alkanes) is 1. The molecule has 0 radical (unpaired) electrons. The zero-order valence-corrected chi connectivity index (χ0v) is 11.7. The van der Waals surface area contributed by atoms with Crippen molar-refractivity contribution in [2.24, 2.45) is 10.9 Å². The summed E-state index contributed by atoms with van der Waals surface area (Å²) in [7, 11) is 0. The third-order valence-electron chi connectivity index (χ3n) is 3.61. The predicted octanol–water partition coefficient (Wildman–Crippen LogP) is 5.29. The van der Waals surface area contributed by atoms with E-state index in [1.54, 1.807) is 0 Å². The summed E-state index contributed by atoms with van der Waals surface area (Å²) in [5.74, 6) is 0.910. The Bertz CT molecular complexity index is 297. The lowest BCUT2D eigenvalue weighted by Crippen LogP contribution is -1.99. The molecule has 0 N–H and O–H groups in total. The first-order chi connectivity index (χ1) is 8.26. The molecule has 0 bridgehead atoms. The zero-order valence-electron chi connectivity index (χ0n) is 11.7. The Balaban J connectivity index is 2.36. The second kappa shape index (κ2) is 8.27. The Hall–Kier alpha value is -0.850. The van der Waals surface area contributed by atoms with E-state index in [9.17, 15) is 0 Å². The summed E-state index contributed by atoms with van der Waals surface area (Å²) in [5, 5.41) is 0. The lowest BCUT2D eigenvalue weighted by Gasteiger charge is -2.14. The van der Waals surface area contributed by atoms with Crippen molar-refractivity contribution in [2.75, 3.05) is 0 Å². The van der Waals surface area contributed by atoms with Crippen LogP contribution in [-0.4, -0.2) is 5.71 Å². The van der Waals surface area contributed by atoms with Gasteiger partial charge in [0.2, 0.25) is 0 Å². The third-order valence-corrected chi connectivity index (χ3v) is 3.61. The second-order valence-electron chi connectivity index (χ2n) is 5.12. The van der Waals surface area contributed by atoms with Gasteiger partial charge in [0.25, 0.3) is 0 Å². The van der Waals surface area contributed by atoms with E-state index in [1.165, 1.54) is 44.1 Å². The van der Waals surface area contributed by atoms with Gasteiger partial charge in [-0.15, -0.1) is 0 Å². The summed E-state index contributed by atoms with van der Waals surface area (Å²) in [5.41, 5.74) is 2.62. The fourth-order valence-corrected chi connectivity index (χ4v) is 2.27. The van der Waals surface area contributed by atoms with Crippen LogP contribution in [0.2, 0.25) is 0 Å². The normalized spacial score (nSPS) is 17.4. The Kier molecular flexibility index (Phi) is 6.91. The average Bonchev–Trinajstić information content (AvgIpc) is 2.54. The molecule has 0 spiro atoms. The molecule has 0 aromatic heterocycles. The highest BCUT2D eigenvalue weighted by molar-refractivity contribution is 5.93. The zero-order chi connectivity index (χ0) is 12.5. The average molecular weight is 233 g/mol. The molecular weight excluding hydrogens is 206 g/mol. The molecule has 1 rings (SSSR count). The molecule has 1 aliphatic heterocycles. The van der Waals surface area contributed by atoms with Crippen LogP contribution in [0.3, 0.4) is 0 Å². The molecule has 1 aliphatic rings. The van der Waals surface area contributed by atoms with E-state index in [4.69, 9.17) is 0 Å². The maximum Gasteiger partial charge on any atom is 0.0369 e. The molecule has 0 aliphatic carbocycles. The molecule has 0 amide bonds. The van der Waals surface area contributed by atoms with Crippen molar-refractivity contribution >= 4 is 5.71 Å². The third kappa shape index (κ3) is 5.86. The minimum Gasteiger partial charge on any atom is -0.262 e. The summed E-state index contributed by atoms with van der Waals surface area (Å²) in [4.78, 5) is 4.44. The number of hydrogen-bond donors (Lipinski definition) is 0. The van der Waals surface area contributed by atoms with E-state index >= 15 is 0 Å². The van der Waals surface area contributed by atoms with E-state index in [-0.39, 0.29) is 0 Å². The smallest absolute Gasteiger partial charge is 0.0369 e.